The van der Waals surface area contributed by atoms with Gasteiger partial charge in [-0.25, -0.2) is 0 Å². The first-order chi connectivity index (χ1) is 11.5. The van der Waals surface area contributed by atoms with Gasteiger partial charge in [-0.2, -0.15) is 0 Å². The van der Waals surface area contributed by atoms with E-state index in [9.17, 15) is 14.7 Å². The van der Waals surface area contributed by atoms with Crippen LogP contribution in [0.1, 0.15) is 46.2 Å². The lowest BCUT2D eigenvalue weighted by molar-refractivity contribution is 0.0228. The number of H-pyrrole nitrogens is 1. The van der Waals surface area contributed by atoms with Crippen LogP contribution in [0, 0.1) is 19.8 Å². The molecule has 126 valence electrons. The second kappa shape index (κ2) is 6.57. The number of aromatic nitrogens is 2. The van der Waals surface area contributed by atoms with Crippen molar-refractivity contribution in [3.8, 4) is 0 Å². The highest BCUT2D eigenvalue weighted by molar-refractivity contribution is 5.95. The average Bonchev–Trinajstić information content (AvgIpc) is 2.49. The van der Waals surface area contributed by atoms with E-state index in [1.165, 1.54) is 0 Å². The Morgan fingerprint density at radius 3 is 2.71 bits per heavy atom. The average molecular weight is 327 g/mol. The molecule has 1 atom stereocenters. The summed E-state index contributed by atoms with van der Waals surface area (Å²) in [5.74, 6) is -0.297. The second-order valence-corrected chi connectivity index (χ2v) is 6.43. The smallest absolute Gasteiger partial charge is 0.261 e. The van der Waals surface area contributed by atoms with Crippen LogP contribution in [-0.2, 0) is 0 Å². The van der Waals surface area contributed by atoms with E-state index in [1.807, 2.05) is 18.2 Å². The number of pyridine rings is 2. The highest BCUT2D eigenvalue weighted by atomic mass is 16.3. The lowest BCUT2D eigenvalue weighted by Gasteiger charge is -2.37. The molecule has 0 aromatic carbocycles. The van der Waals surface area contributed by atoms with Gasteiger partial charge >= 0.3 is 0 Å². The van der Waals surface area contributed by atoms with Crippen LogP contribution in [0.25, 0.3) is 0 Å². The fraction of sp³-hybridized carbons (Fsp3) is 0.389. The minimum absolute atomic E-state index is 0.115. The third-order valence-corrected chi connectivity index (χ3v) is 4.51. The topological polar surface area (TPSA) is 95.1 Å². The fourth-order valence-corrected chi connectivity index (χ4v) is 3.24. The van der Waals surface area contributed by atoms with Gasteiger partial charge in [0, 0.05) is 11.9 Å². The third kappa shape index (κ3) is 3.23. The Balaban J connectivity index is 1.88. The van der Waals surface area contributed by atoms with Crippen LogP contribution in [0.4, 0.5) is 0 Å². The number of nitrogens with zero attached hydrogens (tertiary/aromatic N) is 1. The van der Waals surface area contributed by atoms with Crippen molar-refractivity contribution in [2.75, 3.05) is 0 Å². The number of aliphatic hydroxyl groups excluding tert-OH is 1. The summed E-state index contributed by atoms with van der Waals surface area (Å²) in [4.78, 5) is 31.8. The van der Waals surface area contributed by atoms with Gasteiger partial charge in [0.1, 0.15) is 5.56 Å². The van der Waals surface area contributed by atoms with Crippen molar-refractivity contribution in [1.82, 2.24) is 15.3 Å². The van der Waals surface area contributed by atoms with Gasteiger partial charge < -0.3 is 15.4 Å². The standard InChI is InChI=1S/C18H21N3O3/c1-10-7-11(2)20-17(23)15(10)18(24)21-16(12-8-13(22)9-12)14-5-3-4-6-19-14/h3-7,12-13,16,22H,8-9H2,1-2H3,(H,20,23)(H,21,24). The number of hydrogen-bond acceptors (Lipinski definition) is 4. The highest BCUT2D eigenvalue weighted by Gasteiger charge is 2.36. The van der Waals surface area contributed by atoms with Gasteiger partial charge in [0.05, 0.1) is 17.8 Å². The first kappa shape index (κ1) is 16.4. The minimum Gasteiger partial charge on any atom is -0.393 e. The predicted molar refractivity (Wildman–Crippen MR) is 89.7 cm³/mol. The summed E-state index contributed by atoms with van der Waals surface area (Å²) in [6.07, 6.45) is 2.57. The van der Waals surface area contributed by atoms with Gasteiger partial charge in [0.15, 0.2) is 0 Å². The summed E-state index contributed by atoms with van der Waals surface area (Å²) in [6.45, 7) is 3.53. The van der Waals surface area contributed by atoms with Crippen molar-refractivity contribution >= 4 is 5.91 Å². The highest BCUT2D eigenvalue weighted by Crippen LogP contribution is 2.37. The van der Waals surface area contributed by atoms with Crippen molar-refractivity contribution in [2.45, 2.75) is 38.8 Å². The van der Waals surface area contributed by atoms with Crippen LogP contribution in [0.3, 0.4) is 0 Å². The number of carbonyl (C=O) groups is 1. The molecule has 1 aliphatic rings. The van der Waals surface area contributed by atoms with Crippen molar-refractivity contribution < 1.29 is 9.90 Å². The molecule has 0 aliphatic heterocycles. The Morgan fingerprint density at radius 1 is 1.38 bits per heavy atom. The largest absolute Gasteiger partial charge is 0.393 e. The zero-order chi connectivity index (χ0) is 17.3. The summed E-state index contributed by atoms with van der Waals surface area (Å²) in [5, 5.41) is 12.5. The Hall–Kier alpha value is -2.47. The Labute approximate surface area is 140 Å². The molecule has 2 aromatic rings. The number of aliphatic hydroxyl groups is 1. The van der Waals surface area contributed by atoms with E-state index < -0.39 is 11.5 Å². The summed E-state index contributed by atoms with van der Waals surface area (Å²) in [6, 6.07) is 6.98. The predicted octanol–water partition coefficient (Wildman–Crippen LogP) is 1.63. The van der Waals surface area contributed by atoms with Gasteiger partial charge in [-0.15, -0.1) is 0 Å². The zero-order valence-electron chi connectivity index (χ0n) is 13.7. The molecule has 1 amide bonds. The van der Waals surface area contributed by atoms with Gasteiger partial charge in [0.25, 0.3) is 11.5 Å². The zero-order valence-corrected chi connectivity index (χ0v) is 13.7. The molecule has 0 spiro atoms. The van der Waals surface area contributed by atoms with Crippen molar-refractivity contribution in [2.24, 2.45) is 5.92 Å². The molecule has 0 radical (unpaired) electrons. The first-order valence-electron chi connectivity index (χ1n) is 8.06. The number of nitrogens with one attached hydrogen (secondary N) is 2. The summed E-state index contributed by atoms with van der Waals surface area (Å²) >= 11 is 0. The van der Waals surface area contributed by atoms with Crippen LogP contribution in [0.2, 0.25) is 0 Å². The van der Waals surface area contributed by atoms with E-state index in [0.717, 1.165) is 11.4 Å². The Bertz CT molecular complexity index is 795. The number of rotatable bonds is 4. The molecule has 1 aliphatic carbocycles. The molecular formula is C18H21N3O3. The van der Waals surface area contributed by atoms with Crippen LogP contribution < -0.4 is 10.9 Å². The Kier molecular flexibility index (Phi) is 4.49. The molecule has 1 unspecified atom stereocenters. The Morgan fingerprint density at radius 2 is 2.12 bits per heavy atom. The number of amides is 1. The van der Waals surface area contributed by atoms with Crippen LogP contribution in [0.15, 0.2) is 35.3 Å². The van der Waals surface area contributed by atoms with Crippen LogP contribution in [0.5, 0.6) is 0 Å². The lowest BCUT2D eigenvalue weighted by Crippen LogP contribution is -2.43. The third-order valence-electron chi connectivity index (χ3n) is 4.51. The summed E-state index contributed by atoms with van der Waals surface area (Å²) in [5.41, 5.74) is 1.84. The van der Waals surface area contributed by atoms with E-state index in [-0.39, 0.29) is 23.6 Å². The van der Waals surface area contributed by atoms with E-state index in [4.69, 9.17) is 0 Å². The van der Waals surface area contributed by atoms with E-state index in [2.05, 4.69) is 15.3 Å². The number of carbonyl (C=O) groups excluding carboxylic acids is 1. The molecule has 0 bridgehead atoms. The molecule has 1 saturated carbocycles. The number of aromatic amines is 1. The molecule has 24 heavy (non-hydrogen) atoms. The molecule has 1 fully saturated rings. The molecular weight excluding hydrogens is 306 g/mol. The van der Waals surface area contributed by atoms with Gasteiger partial charge in [0.2, 0.25) is 0 Å². The molecule has 2 heterocycles. The fourth-order valence-electron chi connectivity index (χ4n) is 3.24. The maximum absolute atomic E-state index is 12.7. The summed E-state index contributed by atoms with van der Waals surface area (Å²) in [7, 11) is 0. The molecule has 2 aromatic heterocycles. The lowest BCUT2D eigenvalue weighted by atomic mass is 9.76. The quantitative estimate of drug-likeness (QED) is 0.795. The monoisotopic (exact) mass is 327 g/mol. The molecule has 3 N–H and O–H groups in total. The normalized spacial score (nSPS) is 21.0. The van der Waals surface area contributed by atoms with E-state index in [0.29, 0.717) is 18.4 Å². The van der Waals surface area contributed by atoms with Gasteiger partial charge in [-0.3, -0.25) is 14.6 Å². The second-order valence-electron chi connectivity index (χ2n) is 6.43. The van der Waals surface area contributed by atoms with Gasteiger partial charge in [-0.1, -0.05) is 6.07 Å². The summed E-state index contributed by atoms with van der Waals surface area (Å²) < 4.78 is 0. The van der Waals surface area contributed by atoms with Crippen LogP contribution in [-0.4, -0.2) is 27.1 Å². The molecule has 6 heteroatoms. The maximum atomic E-state index is 12.7. The molecule has 6 nitrogen and oxygen atoms in total. The molecule has 3 rings (SSSR count). The van der Waals surface area contributed by atoms with Crippen molar-refractivity contribution in [3.05, 3.63) is 63.3 Å². The molecule has 0 saturated heterocycles. The van der Waals surface area contributed by atoms with Crippen molar-refractivity contribution in [1.29, 1.82) is 0 Å². The van der Waals surface area contributed by atoms with E-state index in [1.54, 1.807) is 26.1 Å². The SMILES string of the molecule is Cc1cc(C)c(C(=O)NC(c2ccccn2)C2CC(O)C2)c(=O)[nH]1. The minimum atomic E-state index is -0.411. The number of aryl methyl sites for hydroxylation is 2. The van der Waals surface area contributed by atoms with Crippen LogP contribution >= 0.6 is 0 Å². The van der Waals surface area contributed by atoms with Gasteiger partial charge in [-0.05, 0) is 56.4 Å². The van der Waals surface area contributed by atoms with Crippen molar-refractivity contribution in [3.63, 3.8) is 0 Å². The van der Waals surface area contributed by atoms with E-state index >= 15 is 0 Å². The first-order valence-corrected chi connectivity index (χ1v) is 8.06. The number of hydrogen-bond donors (Lipinski definition) is 3. The maximum Gasteiger partial charge on any atom is 0.261 e.